The lowest BCUT2D eigenvalue weighted by atomic mass is 10.0. The number of aryl methyl sites for hydroxylation is 1. The molecule has 0 saturated carbocycles. The normalized spacial score (nSPS) is 16.8. The number of methoxy groups -OCH3 is 1. The second-order valence-electron chi connectivity index (χ2n) is 6.06. The number of nitrogens with one attached hydrogen (secondary N) is 1. The van der Waals surface area contributed by atoms with Crippen LogP contribution in [0, 0.1) is 6.92 Å². The van der Waals surface area contributed by atoms with E-state index in [1.54, 1.807) is 13.2 Å². The molecule has 25 heavy (non-hydrogen) atoms. The molecule has 0 radical (unpaired) electrons. The highest BCUT2D eigenvalue weighted by Gasteiger charge is 2.28. The molecular formula is C20H23NO4. The van der Waals surface area contributed by atoms with Gasteiger partial charge >= 0.3 is 0 Å². The maximum absolute atomic E-state index is 12.6. The highest BCUT2D eigenvalue weighted by Crippen LogP contribution is 2.31. The van der Waals surface area contributed by atoms with Crippen LogP contribution in [0.5, 0.6) is 17.2 Å². The van der Waals surface area contributed by atoms with Crippen molar-refractivity contribution < 1.29 is 19.0 Å². The van der Waals surface area contributed by atoms with Gasteiger partial charge in [0.05, 0.1) is 13.2 Å². The first-order valence-corrected chi connectivity index (χ1v) is 8.45. The van der Waals surface area contributed by atoms with Gasteiger partial charge in [0, 0.05) is 0 Å². The predicted octanol–water partition coefficient (Wildman–Crippen LogP) is 3.41. The first-order valence-electron chi connectivity index (χ1n) is 8.45. The molecule has 0 saturated heterocycles. The predicted molar refractivity (Wildman–Crippen MR) is 95.3 cm³/mol. The van der Waals surface area contributed by atoms with Crippen molar-refractivity contribution in [3.05, 3.63) is 53.6 Å². The molecule has 1 aliphatic rings. The molecule has 5 nitrogen and oxygen atoms in total. The van der Waals surface area contributed by atoms with Crippen molar-refractivity contribution in [2.24, 2.45) is 0 Å². The molecule has 0 spiro atoms. The number of para-hydroxylation sites is 2. The van der Waals surface area contributed by atoms with E-state index < -0.39 is 6.10 Å². The summed E-state index contributed by atoms with van der Waals surface area (Å²) in [4.78, 5) is 12.6. The molecule has 0 fully saturated rings. The third-order valence-electron chi connectivity index (χ3n) is 4.35. The van der Waals surface area contributed by atoms with Crippen molar-refractivity contribution in [3.63, 3.8) is 0 Å². The summed E-state index contributed by atoms with van der Waals surface area (Å²) in [6.07, 6.45) is 0.130. The molecule has 0 aliphatic carbocycles. The van der Waals surface area contributed by atoms with Gasteiger partial charge in [0.15, 0.2) is 11.5 Å². The van der Waals surface area contributed by atoms with Gasteiger partial charge in [0.25, 0.3) is 5.91 Å². The summed E-state index contributed by atoms with van der Waals surface area (Å²) < 4.78 is 16.7. The van der Waals surface area contributed by atoms with Crippen molar-refractivity contribution >= 4 is 5.91 Å². The fraction of sp³-hybridized carbons (Fsp3) is 0.350. The van der Waals surface area contributed by atoms with Gasteiger partial charge in [-0.15, -0.1) is 0 Å². The average Bonchev–Trinajstić information content (AvgIpc) is 2.65. The van der Waals surface area contributed by atoms with Crippen LogP contribution in [0.2, 0.25) is 0 Å². The number of hydrogen-bond donors (Lipinski definition) is 1. The van der Waals surface area contributed by atoms with Crippen LogP contribution in [-0.2, 0) is 4.79 Å². The molecule has 1 amide bonds. The monoisotopic (exact) mass is 341 g/mol. The molecule has 132 valence electrons. The summed E-state index contributed by atoms with van der Waals surface area (Å²) in [6.45, 7) is 4.24. The van der Waals surface area contributed by atoms with E-state index in [1.807, 2.05) is 50.2 Å². The van der Waals surface area contributed by atoms with Gasteiger partial charge in [-0.05, 0) is 42.7 Å². The summed E-state index contributed by atoms with van der Waals surface area (Å²) in [5.41, 5.74) is 2.09. The second-order valence-corrected chi connectivity index (χ2v) is 6.06. The fourth-order valence-corrected chi connectivity index (χ4v) is 2.95. The zero-order chi connectivity index (χ0) is 17.8. The van der Waals surface area contributed by atoms with Crippen molar-refractivity contribution in [2.75, 3.05) is 13.7 Å². The zero-order valence-corrected chi connectivity index (χ0v) is 14.7. The lowest BCUT2D eigenvalue weighted by Crippen LogP contribution is -2.45. The molecule has 1 aliphatic heterocycles. The van der Waals surface area contributed by atoms with Gasteiger partial charge in [-0.1, -0.05) is 31.2 Å². The molecule has 2 aromatic carbocycles. The average molecular weight is 341 g/mol. The molecule has 1 N–H and O–H groups in total. The summed E-state index contributed by atoms with van der Waals surface area (Å²) in [6, 6.07) is 13.2. The van der Waals surface area contributed by atoms with E-state index in [0.717, 1.165) is 23.3 Å². The molecule has 0 aromatic heterocycles. The van der Waals surface area contributed by atoms with Crippen LogP contribution in [0.4, 0.5) is 0 Å². The molecule has 2 atom stereocenters. The molecule has 1 heterocycles. The topological polar surface area (TPSA) is 56.8 Å². The number of fused-ring (bicyclic) bond motifs is 1. The minimum Gasteiger partial charge on any atom is -0.496 e. The Morgan fingerprint density at radius 1 is 1.28 bits per heavy atom. The first-order chi connectivity index (χ1) is 12.1. The van der Waals surface area contributed by atoms with E-state index >= 15 is 0 Å². The SMILES string of the molecule is CCC(NC(=O)C1COc2ccccc2O1)c1ccc(OC)c(C)c1. The number of ether oxygens (including phenoxy) is 3. The van der Waals surface area contributed by atoms with E-state index in [4.69, 9.17) is 14.2 Å². The molecule has 5 heteroatoms. The Kier molecular flexibility index (Phi) is 5.12. The Balaban J connectivity index is 1.70. The van der Waals surface area contributed by atoms with E-state index in [2.05, 4.69) is 5.32 Å². The van der Waals surface area contributed by atoms with E-state index in [9.17, 15) is 4.79 Å². The summed E-state index contributed by atoms with van der Waals surface area (Å²) in [5, 5.41) is 3.06. The van der Waals surface area contributed by atoms with Crippen LogP contribution in [0.15, 0.2) is 42.5 Å². The second kappa shape index (κ2) is 7.47. The first kappa shape index (κ1) is 17.1. The highest BCUT2D eigenvalue weighted by molar-refractivity contribution is 5.82. The van der Waals surface area contributed by atoms with Gasteiger partial charge in [0.1, 0.15) is 12.4 Å². The maximum Gasteiger partial charge on any atom is 0.265 e. The van der Waals surface area contributed by atoms with Crippen LogP contribution in [0.3, 0.4) is 0 Å². The number of hydrogen-bond acceptors (Lipinski definition) is 4. The van der Waals surface area contributed by atoms with Crippen molar-refractivity contribution in [1.29, 1.82) is 0 Å². The lowest BCUT2D eigenvalue weighted by molar-refractivity contribution is -0.131. The quantitative estimate of drug-likeness (QED) is 0.905. The van der Waals surface area contributed by atoms with Gasteiger partial charge in [-0.25, -0.2) is 0 Å². The van der Waals surface area contributed by atoms with Crippen LogP contribution < -0.4 is 19.5 Å². The molecule has 2 unspecified atom stereocenters. The molecule has 0 bridgehead atoms. The number of amides is 1. The van der Waals surface area contributed by atoms with E-state index in [0.29, 0.717) is 11.5 Å². The van der Waals surface area contributed by atoms with Crippen LogP contribution in [0.25, 0.3) is 0 Å². The van der Waals surface area contributed by atoms with Gasteiger partial charge in [-0.3, -0.25) is 4.79 Å². The van der Waals surface area contributed by atoms with E-state index in [1.165, 1.54) is 0 Å². The van der Waals surface area contributed by atoms with Gasteiger partial charge in [-0.2, -0.15) is 0 Å². The minimum absolute atomic E-state index is 0.0853. The van der Waals surface area contributed by atoms with Crippen LogP contribution in [-0.4, -0.2) is 25.7 Å². The van der Waals surface area contributed by atoms with Crippen LogP contribution >= 0.6 is 0 Å². The Labute approximate surface area is 147 Å². The molecule has 2 aromatic rings. The van der Waals surface area contributed by atoms with Gasteiger partial charge in [0.2, 0.25) is 6.10 Å². The number of rotatable bonds is 5. The molecular weight excluding hydrogens is 318 g/mol. The van der Waals surface area contributed by atoms with Crippen molar-refractivity contribution in [3.8, 4) is 17.2 Å². The molecule has 3 rings (SSSR count). The minimum atomic E-state index is -0.650. The third kappa shape index (κ3) is 3.71. The van der Waals surface area contributed by atoms with Crippen molar-refractivity contribution in [2.45, 2.75) is 32.4 Å². The third-order valence-corrected chi connectivity index (χ3v) is 4.35. The Morgan fingerprint density at radius 2 is 2.04 bits per heavy atom. The summed E-state index contributed by atoms with van der Waals surface area (Å²) in [5.74, 6) is 1.94. The number of carbonyl (C=O) groups is 1. The Bertz CT molecular complexity index is 759. The standard InChI is InChI=1S/C20H23NO4/c1-4-15(14-9-10-16(23-3)13(2)11-14)21-20(22)19-12-24-17-7-5-6-8-18(17)25-19/h5-11,15,19H,4,12H2,1-3H3,(H,21,22). The lowest BCUT2D eigenvalue weighted by Gasteiger charge is -2.27. The fourth-order valence-electron chi connectivity index (χ4n) is 2.95. The highest BCUT2D eigenvalue weighted by atomic mass is 16.6. The van der Waals surface area contributed by atoms with Gasteiger partial charge < -0.3 is 19.5 Å². The smallest absolute Gasteiger partial charge is 0.265 e. The van der Waals surface area contributed by atoms with Crippen LogP contribution in [0.1, 0.15) is 30.5 Å². The summed E-state index contributed by atoms with van der Waals surface area (Å²) >= 11 is 0. The maximum atomic E-state index is 12.6. The zero-order valence-electron chi connectivity index (χ0n) is 14.7. The Morgan fingerprint density at radius 3 is 2.72 bits per heavy atom. The van der Waals surface area contributed by atoms with Crippen molar-refractivity contribution in [1.82, 2.24) is 5.32 Å². The summed E-state index contributed by atoms with van der Waals surface area (Å²) in [7, 11) is 1.65. The Hall–Kier alpha value is -2.69. The largest absolute Gasteiger partial charge is 0.496 e. The number of carbonyl (C=O) groups excluding carboxylic acids is 1. The van der Waals surface area contributed by atoms with E-state index in [-0.39, 0.29) is 18.6 Å². The number of benzene rings is 2.